The first-order chi connectivity index (χ1) is 9.61. The van der Waals surface area contributed by atoms with Crippen molar-refractivity contribution in [3.8, 4) is 5.75 Å². The number of nitrogens with two attached hydrogens (primary N) is 1. The fourth-order valence-electron chi connectivity index (χ4n) is 1.69. The molecule has 20 heavy (non-hydrogen) atoms. The molecule has 0 aliphatic carbocycles. The summed E-state index contributed by atoms with van der Waals surface area (Å²) in [6.07, 6.45) is 0. The molecule has 2 N–H and O–H groups in total. The molecular weight excluding hydrogens is 261 g/mol. The molecule has 0 saturated heterocycles. The van der Waals surface area contributed by atoms with Crippen LogP contribution in [0.25, 0.3) is 0 Å². The van der Waals surface area contributed by atoms with E-state index >= 15 is 0 Å². The average Bonchev–Trinajstić information content (AvgIpc) is 2.48. The molecule has 0 heterocycles. The largest absolute Gasteiger partial charge is 0.488 e. The number of rotatable bonds is 4. The fraction of sp³-hybridized carbons (Fsp3) is 0.133. The molecule has 0 unspecified atom stereocenters. The second kappa shape index (κ2) is 6.06. The van der Waals surface area contributed by atoms with Crippen LogP contribution in [0.5, 0.6) is 5.75 Å². The van der Waals surface area contributed by atoms with Crippen molar-refractivity contribution in [1.82, 2.24) is 0 Å². The summed E-state index contributed by atoms with van der Waals surface area (Å²) in [5, 5.41) is 0. The van der Waals surface area contributed by atoms with Gasteiger partial charge in [0.25, 0.3) is 0 Å². The van der Waals surface area contributed by atoms with Gasteiger partial charge in [-0.15, -0.1) is 0 Å². The molecule has 2 rings (SSSR count). The lowest BCUT2D eigenvalue weighted by Gasteiger charge is -2.11. The summed E-state index contributed by atoms with van der Waals surface area (Å²) in [5.74, 6) is -1.16. The van der Waals surface area contributed by atoms with E-state index in [1.807, 2.05) is 30.3 Å². The minimum absolute atomic E-state index is 0.00938. The van der Waals surface area contributed by atoms with E-state index in [2.05, 4.69) is 4.74 Å². The zero-order chi connectivity index (χ0) is 14.5. The first-order valence-electron chi connectivity index (χ1n) is 5.96. The van der Waals surface area contributed by atoms with Crippen LogP contribution >= 0.6 is 0 Å². The van der Waals surface area contributed by atoms with Gasteiger partial charge in [0.15, 0.2) is 0 Å². The molecule has 0 radical (unpaired) electrons. The second-order valence-corrected chi connectivity index (χ2v) is 4.14. The van der Waals surface area contributed by atoms with E-state index in [0.29, 0.717) is 0 Å². The molecule has 0 saturated carbocycles. The standard InChI is InChI=1S/C15H14FNO3/c1-19-15(18)11-7-12(16)13(17)8-14(11)20-9-10-5-3-2-4-6-10/h2-8H,9,17H2,1H3. The van der Waals surface area contributed by atoms with Gasteiger partial charge in [-0.25, -0.2) is 9.18 Å². The monoisotopic (exact) mass is 275 g/mol. The van der Waals surface area contributed by atoms with Gasteiger partial charge in [-0.05, 0) is 11.6 Å². The van der Waals surface area contributed by atoms with Crippen molar-refractivity contribution >= 4 is 11.7 Å². The number of methoxy groups -OCH3 is 1. The lowest BCUT2D eigenvalue weighted by atomic mass is 10.1. The Morgan fingerprint density at radius 3 is 2.60 bits per heavy atom. The van der Waals surface area contributed by atoms with E-state index in [0.717, 1.165) is 11.6 Å². The lowest BCUT2D eigenvalue weighted by Crippen LogP contribution is -2.08. The Hall–Kier alpha value is -2.56. The van der Waals surface area contributed by atoms with Crippen LogP contribution in [0.15, 0.2) is 42.5 Å². The summed E-state index contributed by atoms with van der Waals surface area (Å²) in [6.45, 7) is 0.246. The van der Waals surface area contributed by atoms with Crippen LogP contribution in [-0.4, -0.2) is 13.1 Å². The number of benzene rings is 2. The lowest BCUT2D eigenvalue weighted by molar-refractivity contribution is 0.0595. The van der Waals surface area contributed by atoms with E-state index in [9.17, 15) is 9.18 Å². The SMILES string of the molecule is COC(=O)c1cc(F)c(N)cc1OCc1ccccc1. The van der Waals surface area contributed by atoms with E-state index in [4.69, 9.17) is 10.5 Å². The van der Waals surface area contributed by atoms with Crippen LogP contribution in [-0.2, 0) is 11.3 Å². The first-order valence-corrected chi connectivity index (χ1v) is 5.96. The zero-order valence-corrected chi connectivity index (χ0v) is 10.9. The van der Waals surface area contributed by atoms with Crippen molar-refractivity contribution in [1.29, 1.82) is 0 Å². The summed E-state index contributed by atoms with van der Waals surface area (Å²) in [4.78, 5) is 11.6. The number of hydrogen-bond donors (Lipinski definition) is 1. The average molecular weight is 275 g/mol. The third-order valence-electron chi connectivity index (χ3n) is 2.74. The molecule has 0 atom stereocenters. The molecule has 4 nitrogen and oxygen atoms in total. The summed E-state index contributed by atoms with van der Waals surface area (Å²) in [5.41, 5.74) is 6.34. The number of halogens is 1. The van der Waals surface area contributed by atoms with Crippen molar-refractivity contribution in [2.24, 2.45) is 0 Å². The molecule has 0 aliphatic heterocycles. The maximum Gasteiger partial charge on any atom is 0.341 e. The number of carbonyl (C=O) groups excluding carboxylic acids is 1. The predicted molar refractivity (Wildman–Crippen MR) is 72.9 cm³/mol. The van der Waals surface area contributed by atoms with Gasteiger partial charge in [-0.1, -0.05) is 30.3 Å². The van der Waals surface area contributed by atoms with Crippen LogP contribution < -0.4 is 10.5 Å². The Morgan fingerprint density at radius 1 is 1.25 bits per heavy atom. The Balaban J connectivity index is 2.26. The minimum atomic E-state index is -0.683. The third kappa shape index (κ3) is 3.06. The smallest absolute Gasteiger partial charge is 0.341 e. The third-order valence-corrected chi connectivity index (χ3v) is 2.74. The molecule has 0 aliphatic rings. The number of ether oxygens (including phenoxy) is 2. The van der Waals surface area contributed by atoms with E-state index in [1.165, 1.54) is 13.2 Å². The summed E-state index contributed by atoms with van der Waals surface area (Å²) in [6, 6.07) is 11.7. The summed E-state index contributed by atoms with van der Waals surface area (Å²) in [7, 11) is 1.22. The van der Waals surface area contributed by atoms with E-state index < -0.39 is 11.8 Å². The maximum atomic E-state index is 13.4. The molecule has 0 bridgehead atoms. The highest BCUT2D eigenvalue weighted by atomic mass is 19.1. The molecule has 0 aromatic heterocycles. The normalized spacial score (nSPS) is 10.1. The van der Waals surface area contributed by atoms with Crippen LogP contribution in [0.2, 0.25) is 0 Å². The van der Waals surface area contributed by atoms with E-state index in [-0.39, 0.29) is 23.6 Å². The van der Waals surface area contributed by atoms with Crippen molar-refractivity contribution in [2.75, 3.05) is 12.8 Å². The van der Waals surface area contributed by atoms with E-state index in [1.54, 1.807) is 0 Å². The van der Waals surface area contributed by atoms with Crippen molar-refractivity contribution in [3.63, 3.8) is 0 Å². The highest BCUT2D eigenvalue weighted by Crippen LogP contribution is 2.26. The van der Waals surface area contributed by atoms with Crippen molar-refractivity contribution in [3.05, 3.63) is 59.4 Å². The maximum absolute atomic E-state index is 13.4. The summed E-state index contributed by atoms with van der Waals surface area (Å²) >= 11 is 0. The molecular formula is C15H14FNO3. The van der Waals surface area contributed by atoms with Crippen molar-refractivity contribution in [2.45, 2.75) is 6.61 Å². The number of anilines is 1. The minimum Gasteiger partial charge on any atom is -0.488 e. The van der Waals surface area contributed by atoms with Gasteiger partial charge >= 0.3 is 5.97 Å². The topological polar surface area (TPSA) is 61.5 Å². The Bertz CT molecular complexity index is 614. The number of esters is 1. The quantitative estimate of drug-likeness (QED) is 0.688. The fourth-order valence-corrected chi connectivity index (χ4v) is 1.69. The Morgan fingerprint density at radius 2 is 1.95 bits per heavy atom. The van der Waals surface area contributed by atoms with Crippen LogP contribution in [0, 0.1) is 5.82 Å². The van der Waals surface area contributed by atoms with Gasteiger partial charge in [0, 0.05) is 6.07 Å². The molecule has 2 aromatic carbocycles. The molecule has 2 aromatic rings. The highest BCUT2D eigenvalue weighted by Gasteiger charge is 2.16. The highest BCUT2D eigenvalue weighted by molar-refractivity contribution is 5.93. The van der Waals surface area contributed by atoms with Gasteiger partial charge < -0.3 is 15.2 Å². The Kier molecular flexibility index (Phi) is 4.20. The van der Waals surface area contributed by atoms with Crippen LogP contribution in [0.1, 0.15) is 15.9 Å². The number of nitrogen functional groups attached to an aromatic ring is 1. The van der Waals surface area contributed by atoms with Gasteiger partial charge in [0.2, 0.25) is 0 Å². The number of carbonyl (C=O) groups is 1. The molecule has 5 heteroatoms. The van der Waals surface area contributed by atoms with Gasteiger partial charge in [-0.3, -0.25) is 0 Å². The predicted octanol–water partition coefficient (Wildman–Crippen LogP) is 2.77. The Labute approximate surface area is 115 Å². The first kappa shape index (κ1) is 13.9. The van der Waals surface area contributed by atoms with Crippen LogP contribution in [0.4, 0.5) is 10.1 Å². The van der Waals surface area contributed by atoms with Crippen molar-refractivity contribution < 1.29 is 18.7 Å². The van der Waals surface area contributed by atoms with Gasteiger partial charge in [0.05, 0.1) is 12.8 Å². The van der Waals surface area contributed by atoms with Crippen LogP contribution in [0.3, 0.4) is 0 Å². The second-order valence-electron chi connectivity index (χ2n) is 4.14. The molecule has 104 valence electrons. The zero-order valence-electron chi connectivity index (χ0n) is 10.9. The number of hydrogen-bond acceptors (Lipinski definition) is 4. The summed E-state index contributed by atoms with van der Waals surface area (Å²) < 4.78 is 23.6. The molecule has 0 amide bonds. The molecule has 0 spiro atoms. The van der Waals surface area contributed by atoms with Gasteiger partial charge in [-0.2, -0.15) is 0 Å². The van der Waals surface area contributed by atoms with Gasteiger partial charge in [0.1, 0.15) is 23.7 Å². The molecule has 0 fully saturated rings.